The van der Waals surface area contributed by atoms with Crippen LogP contribution >= 0.6 is 11.6 Å². The van der Waals surface area contributed by atoms with E-state index in [0.717, 1.165) is 38.4 Å². The molecule has 28 heavy (non-hydrogen) atoms. The van der Waals surface area contributed by atoms with E-state index in [-0.39, 0.29) is 18.1 Å². The van der Waals surface area contributed by atoms with Crippen LogP contribution in [0.25, 0.3) is 0 Å². The lowest BCUT2D eigenvalue weighted by Gasteiger charge is -2.23. The van der Waals surface area contributed by atoms with Gasteiger partial charge in [-0.05, 0) is 17.7 Å². The number of quaternary nitrogens is 1. The van der Waals surface area contributed by atoms with Gasteiger partial charge in [-0.15, -0.1) is 0 Å². The van der Waals surface area contributed by atoms with Crippen LogP contribution in [0.15, 0.2) is 42.6 Å². The maximum Gasteiger partial charge on any atom is 0.270 e. The van der Waals surface area contributed by atoms with Crippen molar-refractivity contribution in [3.8, 4) is 0 Å². The largest absolute Gasteiger partial charge is 0.370 e. The zero-order chi connectivity index (χ0) is 19.8. The SMILES string of the molecule is O=C(CNC(=O)c1cc(Cl)ccn1)NCc1ccc(C[NH+]2CCOCC2)cc1. The molecule has 0 aliphatic carbocycles. The number of pyridine rings is 1. The van der Waals surface area contributed by atoms with Crippen LogP contribution in [-0.4, -0.2) is 49.6 Å². The van der Waals surface area contributed by atoms with Crippen LogP contribution in [-0.2, 0) is 22.6 Å². The number of amides is 2. The third-order valence-corrected chi connectivity index (χ3v) is 4.77. The maximum absolute atomic E-state index is 12.0. The van der Waals surface area contributed by atoms with Crippen molar-refractivity contribution in [2.75, 3.05) is 32.8 Å². The highest BCUT2D eigenvalue weighted by molar-refractivity contribution is 6.30. The van der Waals surface area contributed by atoms with Gasteiger partial charge in [0.1, 0.15) is 25.3 Å². The van der Waals surface area contributed by atoms with Crippen LogP contribution in [0.4, 0.5) is 0 Å². The second-order valence-electron chi connectivity index (χ2n) is 6.67. The Hall–Kier alpha value is -2.48. The molecule has 8 heteroatoms. The highest BCUT2D eigenvalue weighted by atomic mass is 35.5. The summed E-state index contributed by atoms with van der Waals surface area (Å²) >= 11 is 5.83. The van der Waals surface area contributed by atoms with Crippen LogP contribution < -0.4 is 15.5 Å². The van der Waals surface area contributed by atoms with Crippen LogP contribution in [0, 0.1) is 0 Å². The van der Waals surface area contributed by atoms with Crippen molar-refractivity contribution in [3.05, 3.63) is 64.4 Å². The van der Waals surface area contributed by atoms with Crippen LogP contribution in [0.2, 0.25) is 5.02 Å². The fraction of sp³-hybridized carbons (Fsp3) is 0.350. The van der Waals surface area contributed by atoms with E-state index < -0.39 is 5.91 Å². The van der Waals surface area contributed by atoms with Crippen molar-refractivity contribution in [2.45, 2.75) is 13.1 Å². The van der Waals surface area contributed by atoms with Crippen LogP contribution in [0.5, 0.6) is 0 Å². The molecule has 3 rings (SSSR count). The number of nitrogens with one attached hydrogen (secondary N) is 3. The van der Waals surface area contributed by atoms with Gasteiger partial charge in [-0.1, -0.05) is 35.9 Å². The van der Waals surface area contributed by atoms with E-state index in [4.69, 9.17) is 16.3 Å². The first kappa shape index (κ1) is 20.3. The zero-order valence-electron chi connectivity index (χ0n) is 15.5. The summed E-state index contributed by atoms with van der Waals surface area (Å²) in [7, 11) is 0. The first-order valence-corrected chi connectivity index (χ1v) is 9.63. The molecule has 2 amide bonds. The lowest BCUT2D eigenvalue weighted by atomic mass is 10.1. The van der Waals surface area contributed by atoms with Gasteiger partial charge < -0.3 is 20.3 Å². The summed E-state index contributed by atoms with van der Waals surface area (Å²) in [6.45, 7) is 5.00. The van der Waals surface area contributed by atoms with Crippen LogP contribution in [0.3, 0.4) is 0 Å². The highest BCUT2D eigenvalue weighted by Gasteiger charge is 2.14. The minimum atomic E-state index is -0.437. The quantitative estimate of drug-likeness (QED) is 0.616. The molecular formula is C20H24ClN4O3+. The number of rotatable bonds is 7. The van der Waals surface area contributed by atoms with Gasteiger partial charge in [-0.25, -0.2) is 0 Å². The van der Waals surface area contributed by atoms with E-state index in [9.17, 15) is 9.59 Å². The summed E-state index contributed by atoms with van der Waals surface area (Å²) in [4.78, 5) is 29.4. The summed E-state index contributed by atoms with van der Waals surface area (Å²) in [5, 5.41) is 5.75. The number of hydrogen-bond acceptors (Lipinski definition) is 4. The summed E-state index contributed by atoms with van der Waals surface area (Å²) in [5.41, 5.74) is 2.46. The minimum Gasteiger partial charge on any atom is -0.370 e. The molecule has 1 fully saturated rings. The molecule has 0 bridgehead atoms. The first-order chi connectivity index (χ1) is 13.6. The molecule has 0 unspecified atom stereocenters. The minimum absolute atomic E-state index is 0.120. The molecule has 1 aliphatic heterocycles. The van der Waals surface area contributed by atoms with Crippen molar-refractivity contribution in [1.29, 1.82) is 0 Å². The molecule has 0 spiro atoms. The number of morpholine rings is 1. The zero-order valence-corrected chi connectivity index (χ0v) is 16.3. The summed E-state index contributed by atoms with van der Waals surface area (Å²) < 4.78 is 5.38. The van der Waals surface area contributed by atoms with Gasteiger partial charge in [0.15, 0.2) is 0 Å². The van der Waals surface area contributed by atoms with E-state index in [2.05, 4.69) is 27.8 Å². The van der Waals surface area contributed by atoms with Crippen molar-refractivity contribution >= 4 is 23.4 Å². The maximum atomic E-state index is 12.0. The predicted octanol–water partition coefficient (Wildman–Crippen LogP) is 0.196. The number of halogens is 1. The van der Waals surface area contributed by atoms with E-state index in [1.54, 1.807) is 6.07 Å². The molecular weight excluding hydrogens is 380 g/mol. The van der Waals surface area contributed by atoms with E-state index in [1.807, 2.05) is 12.1 Å². The number of nitrogens with zero attached hydrogens (tertiary/aromatic N) is 1. The summed E-state index contributed by atoms with van der Waals surface area (Å²) in [6, 6.07) is 11.3. The third-order valence-electron chi connectivity index (χ3n) is 4.53. The van der Waals surface area contributed by atoms with Gasteiger partial charge in [-0.3, -0.25) is 14.6 Å². The predicted molar refractivity (Wildman–Crippen MR) is 105 cm³/mol. The monoisotopic (exact) mass is 403 g/mol. The van der Waals surface area contributed by atoms with Gasteiger partial charge >= 0.3 is 0 Å². The molecule has 0 radical (unpaired) electrons. The molecule has 1 aliphatic rings. The van der Waals surface area contributed by atoms with E-state index >= 15 is 0 Å². The van der Waals surface area contributed by atoms with Gasteiger partial charge in [0.05, 0.1) is 19.8 Å². The Bertz CT molecular complexity index is 807. The molecule has 7 nitrogen and oxygen atoms in total. The van der Waals surface area contributed by atoms with Crippen LogP contribution in [0.1, 0.15) is 21.6 Å². The average Bonchev–Trinajstić information content (AvgIpc) is 2.72. The summed E-state index contributed by atoms with van der Waals surface area (Å²) in [6.07, 6.45) is 1.45. The summed E-state index contributed by atoms with van der Waals surface area (Å²) in [5.74, 6) is -0.704. The molecule has 2 aromatic rings. The number of carbonyl (C=O) groups excluding carboxylic acids is 2. The Balaban J connectivity index is 1.39. The normalized spacial score (nSPS) is 14.5. The highest BCUT2D eigenvalue weighted by Crippen LogP contribution is 2.07. The Kier molecular flexibility index (Phi) is 7.36. The second kappa shape index (κ2) is 10.2. The smallest absolute Gasteiger partial charge is 0.270 e. The Morgan fingerprint density at radius 1 is 1.07 bits per heavy atom. The number of ether oxygens (including phenoxy) is 1. The second-order valence-corrected chi connectivity index (χ2v) is 7.11. The Morgan fingerprint density at radius 2 is 1.79 bits per heavy atom. The molecule has 1 aromatic carbocycles. The number of hydrogen-bond donors (Lipinski definition) is 3. The number of carbonyl (C=O) groups is 2. The van der Waals surface area contributed by atoms with Gasteiger partial charge in [0.25, 0.3) is 5.91 Å². The molecule has 1 aromatic heterocycles. The average molecular weight is 404 g/mol. The molecule has 3 N–H and O–H groups in total. The molecule has 2 heterocycles. The van der Waals surface area contributed by atoms with Crippen molar-refractivity contribution < 1.29 is 19.2 Å². The van der Waals surface area contributed by atoms with E-state index in [1.165, 1.54) is 22.7 Å². The van der Waals surface area contributed by atoms with Gasteiger partial charge in [0.2, 0.25) is 5.91 Å². The number of benzene rings is 1. The lowest BCUT2D eigenvalue weighted by molar-refractivity contribution is -0.921. The standard InChI is InChI=1S/C20H23ClN4O3/c21-17-5-6-22-18(11-17)20(27)24-13-19(26)23-12-15-1-3-16(4-2-15)14-25-7-9-28-10-8-25/h1-6,11H,7-10,12-14H2,(H,23,26)(H,24,27)/p+1. The van der Waals surface area contributed by atoms with Crippen molar-refractivity contribution in [2.24, 2.45) is 0 Å². The molecule has 0 atom stereocenters. The topological polar surface area (TPSA) is 84.8 Å². The third kappa shape index (κ3) is 6.30. The fourth-order valence-corrected chi connectivity index (χ4v) is 3.10. The van der Waals surface area contributed by atoms with Crippen molar-refractivity contribution in [3.63, 3.8) is 0 Å². The molecule has 0 saturated carbocycles. The van der Waals surface area contributed by atoms with E-state index in [0.29, 0.717) is 11.6 Å². The Labute approximate surface area is 169 Å². The van der Waals surface area contributed by atoms with Gasteiger partial charge in [-0.2, -0.15) is 0 Å². The lowest BCUT2D eigenvalue weighted by Crippen LogP contribution is -3.12. The molecule has 1 saturated heterocycles. The first-order valence-electron chi connectivity index (χ1n) is 9.26. The van der Waals surface area contributed by atoms with Gasteiger partial charge in [0, 0.05) is 23.3 Å². The Morgan fingerprint density at radius 3 is 2.50 bits per heavy atom. The molecule has 148 valence electrons. The van der Waals surface area contributed by atoms with Crippen molar-refractivity contribution in [1.82, 2.24) is 15.6 Å². The number of aromatic nitrogens is 1. The fourth-order valence-electron chi connectivity index (χ4n) is 2.94.